The van der Waals surface area contributed by atoms with Crippen LogP contribution in [0.5, 0.6) is 0 Å². The quantitative estimate of drug-likeness (QED) is 0.619. The Morgan fingerprint density at radius 2 is 1.73 bits per heavy atom. The lowest BCUT2D eigenvalue weighted by Gasteiger charge is -2.22. The molecule has 0 amide bonds. The minimum absolute atomic E-state index is 0.0825. The van der Waals surface area contributed by atoms with Crippen LogP contribution in [0.3, 0.4) is 0 Å². The van der Waals surface area contributed by atoms with Crippen LogP contribution in [0.25, 0.3) is 11.1 Å². The van der Waals surface area contributed by atoms with E-state index in [0.717, 1.165) is 36.1 Å². The van der Waals surface area contributed by atoms with E-state index in [1.807, 2.05) is 45.5 Å². The van der Waals surface area contributed by atoms with Gasteiger partial charge in [-0.1, -0.05) is 68.7 Å². The number of benzene rings is 2. The van der Waals surface area contributed by atoms with Crippen molar-refractivity contribution in [3.05, 3.63) is 82.0 Å². The standard InChI is InChI=1S/C25H28N2O3/c1-2-20-17-27(21-8-4-3-5-9-21)25(30)26(20)16-18-12-14-19(15-13-18)22-10-6-7-11-23(22)24(28)29/h6-7,10-15,17,21H,2-5,8-9,16H2,1H3,(H,28,29). The van der Waals surface area contributed by atoms with Crippen LogP contribution < -0.4 is 5.69 Å². The first-order valence-corrected chi connectivity index (χ1v) is 10.8. The van der Waals surface area contributed by atoms with Crippen molar-refractivity contribution in [1.82, 2.24) is 9.13 Å². The second-order valence-electron chi connectivity index (χ2n) is 8.09. The maximum Gasteiger partial charge on any atom is 0.336 e. The van der Waals surface area contributed by atoms with E-state index >= 15 is 0 Å². The molecule has 1 N–H and O–H groups in total. The van der Waals surface area contributed by atoms with Gasteiger partial charge in [-0.3, -0.25) is 9.13 Å². The predicted octanol–water partition coefficient (Wildman–Crippen LogP) is 5.13. The molecule has 3 aromatic rings. The Hall–Kier alpha value is -3.08. The summed E-state index contributed by atoms with van der Waals surface area (Å²) in [6, 6.07) is 15.2. The highest BCUT2D eigenvalue weighted by molar-refractivity contribution is 5.95. The molecule has 1 aliphatic rings. The van der Waals surface area contributed by atoms with Crippen molar-refractivity contribution in [2.45, 2.75) is 58.0 Å². The first-order chi connectivity index (χ1) is 14.6. The summed E-state index contributed by atoms with van der Waals surface area (Å²) in [6.45, 7) is 2.62. The fourth-order valence-electron chi connectivity index (χ4n) is 4.51. The van der Waals surface area contributed by atoms with Crippen molar-refractivity contribution in [2.75, 3.05) is 0 Å². The highest BCUT2D eigenvalue weighted by Gasteiger charge is 2.20. The Kier molecular flexibility index (Phi) is 5.88. The molecular formula is C25H28N2O3. The van der Waals surface area contributed by atoms with E-state index in [1.54, 1.807) is 12.1 Å². The molecule has 156 valence electrons. The minimum atomic E-state index is -0.933. The monoisotopic (exact) mass is 404 g/mol. The van der Waals surface area contributed by atoms with Gasteiger partial charge in [-0.15, -0.1) is 0 Å². The van der Waals surface area contributed by atoms with Crippen LogP contribution in [0.2, 0.25) is 0 Å². The minimum Gasteiger partial charge on any atom is -0.478 e. The molecule has 1 aromatic heterocycles. The van der Waals surface area contributed by atoms with Gasteiger partial charge in [0, 0.05) is 17.9 Å². The summed E-state index contributed by atoms with van der Waals surface area (Å²) < 4.78 is 3.84. The normalized spacial score (nSPS) is 14.7. The van der Waals surface area contributed by atoms with Gasteiger partial charge >= 0.3 is 11.7 Å². The van der Waals surface area contributed by atoms with Crippen molar-refractivity contribution in [3.63, 3.8) is 0 Å². The SMILES string of the molecule is CCc1cn(C2CCCCC2)c(=O)n1Cc1ccc(-c2ccccc2C(=O)O)cc1. The summed E-state index contributed by atoms with van der Waals surface area (Å²) in [5.74, 6) is -0.933. The van der Waals surface area contributed by atoms with Crippen LogP contribution in [0.15, 0.2) is 59.5 Å². The molecule has 0 unspecified atom stereocenters. The first kappa shape index (κ1) is 20.2. The van der Waals surface area contributed by atoms with E-state index in [9.17, 15) is 14.7 Å². The summed E-state index contributed by atoms with van der Waals surface area (Å²) in [5, 5.41) is 9.43. The number of aromatic carboxylic acids is 1. The van der Waals surface area contributed by atoms with Crippen LogP contribution in [0.1, 0.15) is 66.7 Å². The number of rotatable bonds is 6. The molecule has 30 heavy (non-hydrogen) atoms. The van der Waals surface area contributed by atoms with Crippen LogP contribution >= 0.6 is 0 Å². The van der Waals surface area contributed by atoms with Gasteiger partial charge in [-0.25, -0.2) is 9.59 Å². The third kappa shape index (κ3) is 3.97. The van der Waals surface area contributed by atoms with Gasteiger partial charge in [-0.2, -0.15) is 0 Å². The van der Waals surface area contributed by atoms with Gasteiger partial charge in [0.2, 0.25) is 0 Å². The molecule has 0 radical (unpaired) electrons. The Labute approximate surface area is 176 Å². The summed E-state index contributed by atoms with van der Waals surface area (Å²) in [6.07, 6.45) is 8.71. The average Bonchev–Trinajstić information content (AvgIpc) is 3.10. The van der Waals surface area contributed by atoms with E-state index < -0.39 is 5.97 Å². The summed E-state index contributed by atoms with van der Waals surface area (Å²) in [7, 11) is 0. The number of aromatic nitrogens is 2. The van der Waals surface area contributed by atoms with Crippen LogP contribution in [-0.4, -0.2) is 20.2 Å². The third-order valence-corrected chi connectivity index (χ3v) is 6.18. The molecule has 0 saturated heterocycles. The molecule has 0 aliphatic heterocycles. The molecule has 1 saturated carbocycles. The smallest absolute Gasteiger partial charge is 0.336 e. The zero-order valence-electron chi connectivity index (χ0n) is 17.4. The number of imidazole rings is 1. The molecule has 5 heteroatoms. The summed E-state index contributed by atoms with van der Waals surface area (Å²) in [4.78, 5) is 24.6. The average molecular weight is 405 g/mol. The van der Waals surface area contributed by atoms with Gasteiger partial charge in [0.25, 0.3) is 0 Å². The molecule has 1 aliphatic carbocycles. The number of carboxylic acids is 1. The zero-order chi connectivity index (χ0) is 21.1. The van der Waals surface area contributed by atoms with E-state index in [1.165, 1.54) is 19.3 Å². The third-order valence-electron chi connectivity index (χ3n) is 6.18. The fourth-order valence-corrected chi connectivity index (χ4v) is 4.51. The molecule has 5 nitrogen and oxygen atoms in total. The molecule has 4 rings (SSSR count). The molecule has 0 bridgehead atoms. The lowest BCUT2D eigenvalue weighted by Crippen LogP contribution is -2.29. The maximum atomic E-state index is 13.1. The van der Waals surface area contributed by atoms with Gasteiger partial charge < -0.3 is 5.11 Å². The highest BCUT2D eigenvalue weighted by atomic mass is 16.4. The Balaban J connectivity index is 1.60. The lowest BCUT2D eigenvalue weighted by atomic mass is 9.95. The van der Waals surface area contributed by atoms with E-state index in [2.05, 4.69) is 13.1 Å². The second-order valence-corrected chi connectivity index (χ2v) is 8.09. The van der Waals surface area contributed by atoms with Crippen molar-refractivity contribution < 1.29 is 9.90 Å². The number of carbonyl (C=O) groups is 1. The van der Waals surface area contributed by atoms with Gasteiger partial charge in [0.05, 0.1) is 12.1 Å². The lowest BCUT2D eigenvalue weighted by molar-refractivity contribution is 0.0697. The maximum absolute atomic E-state index is 13.1. The Bertz CT molecular complexity index is 1090. The first-order valence-electron chi connectivity index (χ1n) is 10.8. The number of carboxylic acid groups (broad SMARTS) is 1. The van der Waals surface area contributed by atoms with Crippen LogP contribution in [0.4, 0.5) is 0 Å². The van der Waals surface area contributed by atoms with E-state index in [-0.39, 0.29) is 5.69 Å². The Morgan fingerprint density at radius 1 is 1.03 bits per heavy atom. The van der Waals surface area contributed by atoms with Gasteiger partial charge in [0.15, 0.2) is 0 Å². The predicted molar refractivity (Wildman–Crippen MR) is 118 cm³/mol. The molecule has 1 fully saturated rings. The van der Waals surface area contributed by atoms with Crippen LogP contribution in [-0.2, 0) is 13.0 Å². The largest absolute Gasteiger partial charge is 0.478 e. The fraction of sp³-hybridized carbons (Fsp3) is 0.360. The number of nitrogens with zero attached hydrogens (tertiary/aromatic N) is 2. The summed E-state index contributed by atoms with van der Waals surface area (Å²) in [5.41, 5.74) is 4.03. The van der Waals surface area contributed by atoms with Gasteiger partial charge in [0.1, 0.15) is 0 Å². The molecule has 2 aromatic carbocycles. The van der Waals surface area contributed by atoms with Crippen molar-refractivity contribution in [2.24, 2.45) is 0 Å². The Morgan fingerprint density at radius 3 is 2.40 bits per heavy atom. The highest BCUT2D eigenvalue weighted by Crippen LogP contribution is 2.28. The second kappa shape index (κ2) is 8.74. The number of hydrogen-bond donors (Lipinski definition) is 1. The van der Waals surface area contributed by atoms with E-state index in [4.69, 9.17) is 0 Å². The number of hydrogen-bond acceptors (Lipinski definition) is 2. The molecule has 1 heterocycles. The number of aryl methyl sites for hydroxylation is 1. The van der Waals surface area contributed by atoms with Crippen molar-refractivity contribution in [3.8, 4) is 11.1 Å². The summed E-state index contributed by atoms with van der Waals surface area (Å²) >= 11 is 0. The zero-order valence-corrected chi connectivity index (χ0v) is 17.4. The molecular weight excluding hydrogens is 376 g/mol. The molecule has 0 atom stereocenters. The van der Waals surface area contributed by atoms with E-state index in [0.29, 0.717) is 23.7 Å². The molecule has 0 spiro atoms. The topological polar surface area (TPSA) is 64.2 Å². The van der Waals surface area contributed by atoms with Crippen molar-refractivity contribution >= 4 is 5.97 Å². The van der Waals surface area contributed by atoms with Crippen molar-refractivity contribution in [1.29, 1.82) is 0 Å². The van der Waals surface area contributed by atoms with Gasteiger partial charge in [-0.05, 0) is 42.0 Å². The van der Waals surface area contributed by atoms with Crippen LogP contribution in [0, 0.1) is 0 Å².